The van der Waals surface area contributed by atoms with Gasteiger partial charge in [0.25, 0.3) is 5.56 Å². The highest BCUT2D eigenvalue weighted by Gasteiger charge is 2.88. The molecule has 8 nitrogen and oxygen atoms in total. The molecular weight excluding hydrogens is 444 g/mol. The van der Waals surface area contributed by atoms with Gasteiger partial charge in [0.1, 0.15) is 23.2 Å². The predicted octanol–water partition coefficient (Wildman–Crippen LogP) is 1.37. The molecule has 1 saturated carbocycles. The minimum absolute atomic E-state index is 0.0423. The number of para-hydroxylation sites is 2. The molecule has 0 radical (unpaired) electrons. The van der Waals surface area contributed by atoms with E-state index in [1.54, 1.807) is 28.8 Å². The molecular formula is C24H20N2O6S. The highest BCUT2D eigenvalue weighted by molar-refractivity contribution is 7.07. The summed E-state index contributed by atoms with van der Waals surface area (Å²) in [5, 5.41) is 10.5. The fraction of sp³-hybridized carbons (Fsp3) is 0.292. The smallest absolute Gasteiger partial charge is 0.315 e. The van der Waals surface area contributed by atoms with Crippen LogP contribution in [0.2, 0.25) is 0 Å². The molecule has 33 heavy (non-hydrogen) atoms. The molecule has 0 saturated heterocycles. The summed E-state index contributed by atoms with van der Waals surface area (Å²) in [6.45, 7) is 1.87. The van der Waals surface area contributed by atoms with Crippen molar-refractivity contribution in [3.63, 3.8) is 0 Å². The van der Waals surface area contributed by atoms with Crippen molar-refractivity contribution < 1.29 is 24.1 Å². The summed E-state index contributed by atoms with van der Waals surface area (Å²) >= 11 is 1.22. The Hall–Kier alpha value is -3.59. The second-order valence-electron chi connectivity index (χ2n) is 8.52. The van der Waals surface area contributed by atoms with Crippen molar-refractivity contribution in [1.29, 1.82) is 0 Å². The van der Waals surface area contributed by atoms with Crippen LogP contribution in [0.1, 0.15) is 24.1 Å². The molecule has 3 aromatic rings. The largest absolute Gasteiger partial charge is 0.504 e. The number of ether oxygens (including phenoxy) is 3. The lowest BCUT2D eigenvalue weighted by molar-refractivity contribution is -0.144. The van der Waals surface area contributed by atoms with Crippen LogP contribution < -0.4 is 24.4 Å². The van der Waals surface area contributed by atoms with Gasteiger partial charge in [0.05, 0.1) is 18.8 Å². The molecule has 1 N–H and O–H groups in total. The van der Waals surface area contributed by atoms with E-state index in [9.17, 15) is 14.7 Å². The molecule has 1 aromatic heterocycles. The van der Waals surface area contributed by atoms with Crippen LogP contribution in [0.5, 0.6) is 17.2 Å². The van der Waals surface area contributed by atoms with Gasteiger partial charge in [-0.15, -0.1) is 0 Å². The fourth-order valence-corrected chi connectivity index (χ4v) is 6.51. The molecule has 6 rings (SSSR count). The molecule has 0 amide bonds. The van der Waals surface area contributed by atoms with E-state index in [-0.39, 0.29) is 11.3 Å². The first-order valence-corrected chi connectivity index (χ1v) is 11.2. The Balaban J connectivity index is 1.61. The topological polar surface area (TPSA) is 99.4 Å². The lowest BCUT2D eigenvalue weighted by Gasteiger charge is -2.26. The van der Waals surface area contributed by atoms with Crippen molar-refractivity contribution >= 4 is 23.4 Å². The number of rotatable bonds is 3. The van der Waals surface area contributed by atoms with Crippen LogP contribution in [0.3, 0.4) is 0 Å². The SMILES string of the molecule is COC(=O)[C@H]1[C@@]23Oc4ccccc4[C@H]2n2c(s/c(=C\c4cccc(OC)c4O)c2=O)=N[C@]13C. The van der Waals surface area contributed by atoms with Crippen molar-refractivity contribution in [2.24, 2.45) is 10.9 Å². The first kappa shape index (κ1) is 20.0. The number of fused-ring (bicyclic) bond motifs is 4. The van der Waals surface area contributed by atoms with Crippen molar-refractivity contribution in [2.45, 2.75) is 24.1 Å². The summed E-state index contributed by atoms with van der Waals surface area (Å²) in [5.74, 6) is -0.123. The van der Waals surface area contributed by atoms with Gasteiger partial charge < -0.3 is 19.3 Å². The predicted molar refractivity (Wildman–Crippen MR) is 119 cm³/mol. The first-order chi connectivity index (χ1) is 15.9. The van der Waals surface area contributed by atoms with Crippen molar-refractivity contribution in [3.05, 3.63) is 73.3 Å². The van der Waals surface area contributed by atoms with Crippen LogP contribution in [0.4, 0.5) is 0 Å². The van der Waals surface area contributed by atoms with Gasteiger partial charge in [-0.05, 0) is 25.1 Å². The molecule has 0 unspecified atom stereocenters. The van der Waals surface area contributed by atoms with E-state index >= 15 is 0 Å². The van der Waals surface area contributed by atoms with Gasteiger partial charge in [0.2, 0.25) is 0 Å². The number of nitrogens with zero attached hydrogens (tertiary/aromatic N) is 2. The summed E-state index contributed by atoms with van der Waals surface area (Å²) in [5.41, 5.74) is -0.842. The van der Waals surface area contributed by atoms with Crippen LogP contribution >= 0.6 is 11.3 Å². The number of aromatic nitrogens is 1. The van der Waals surface area contributed by atoms with E-state index in [0.717, 1.165) is 5.56 Å². The standard InChI is InChI=1S/C24H20N2O6S/c1-23-18(21(29)31-3)24(23)19(13-8-4-5-9-14(13)32-24)26-20(28)16(33-22(26)25-23)11-12-7-6-10-15(30-2)17(12)27/h4-11,18-19,27H,1-3H3/b16-11-/t18-,19-,23-,24-/m1/s1. The molecule has 3 heterocycles. The van der Waals surface area contributed by atoms with Crippen molar-refractivity contribution in [3.8, 4) is 17.2 Å². The lowest BCUT2D eigenvalue weighted by Crippen LogP contribution is -2.47. The maximum absolute atomic E-state index is 13.6. The molecule has 4 atom stereocenters. The number of phenols is 1. The fourth-order valence-electron chi connectivity index (χ4n) is 5.42. The van der Waals surface area contributed by atoms with E-state index in [2.05, 4.69) is 0 Å². The van der Waals surface area contributed by atoms with Gasteiger partial charge in [-0.2, -0.15) is 0 Å². The molecule has 1 aliphatic carbocycles. The third-order valence-electron chi connectivity index (χ3n) is 6.99. The lowest BCUT2D eigenvalue weighted by atomic mass is 9.97. The molecule has 1 spiro atoms. The quantitative estimate of drug-likeness (QED) is 0.588. The number of aromatic hydroxyl groups is 1. The minimum Gasteiger partial charge on any atom is -0.504 e. The molecule has 2 aromatic carbocycles. The number of methoxy groups -OCH3 is 2. The monoisotopic (exact) mass is 464 g/mol. The molecule has 2 aliphatic heterocycles. The Morgan fingerprint density at radius 3 is 2.79 bits per heavy atom. The highest BCUT2D eigenvalue weighted by Crippen LogP contribution is 2.70. The van der Waals surface area contributed by atoms with E-state index in [0.29, 0.717) is 26.4 Å². The zero-order valence-corrected chi connectivity index (χ0v) is 18.9. The number of hydrogen-bond acceptors (Lipinski definition) is 8. The Labute approximate surface area is 192 Å². The van der Waals surface area contributed by atoms with Gasteiger partial charge >= 0.3 is 5.97 Å². The molecule has 9 heteroatoms. The van der Waals surface area contributed by atoms with Gasteiger partial charge in [0, 0.05) is 11.1 Å². The second-order valence-corrected chi connectivity index (χ2v) is 9.53. The van der Waals surface area contributed by atoms with Crippen molar-refractivity contribution in [2.75, 3.05) is 14.2 Å². The van der Waals surface area contributed by atoms with Crippen LogP contribution in [-0.4, -0.2) is 41.0 Å². The summed E-state index contributed by atoms with van der Waals surface area (Å²) in [6.07, 6.45) is 1.63. The number of carbonyl (C=O) groups excluding carboxylic acids is 1. The Bertz CT molecular complexity index is 1520. The Morgan fingerprint density at radius 2 is 2.03 bits per heavy atom. The van der Waals surface area contributed by atoms with Gasteiger partial charge in [-0.25, -0.2) is 4.99 Å². The molecule has 168 valence electrons. The van der Waals surface area contributed by atoms with Gasteiger partial charge in [-0.1, -0.05) is 41.7 Å². The number of thiazole rings is 1. The average molecular weight is 464 g/mol. The van der Waals surface area contributed by atoms with E-state index in [1.807, 2.05) is 31.2 Å². The number of phenolic OH excluding ortho intramolecular Hbond substituents is 1. The molecule has 0 bridgehead atoms. The summed E-state index contributed by atoms with van der Waals surface area (Å²) < 4.78 is 18.7. The van der Waals surface area contributed by atoms with E-state index in [4.69, 9.17) is 19.2 Å². The van der Waals surface area contributed by atoms with E-state index < -0.39 is 29.1 Å². The number of hydrogen-bond donors (Lipinski definition) is 1. The van der Waals surface area contributed by atoms with Crippen LogP contribution in [-0.2, 0) is 9.53 Å². The van der Waals surface area contributed by atoms with Crippen LogP contribution in [0, 0.1) is 5.92 Å². The van der Waals surface area contributed by atoms with Gasteiger partial charge in [0.15, 0.2) is 21.9 Å². The number of benzene rings is 2. The first-order valence-electron chi connectivity index (χ1n) is 10.4. The Kier molecular flexibility index (Phi) is 3.93. The molecule has 1 fully saturated rings. The van der Waals surface area contributed by atoms with Crippen LogP contribution in [0.25, 0.3) is 6.08 Å². The van der Waals surface area contributed by atoms with Gasteiger partial charge in [-0.3, -0.25) is 14.2 Å². The summed E-state index contributed by atoms with van der Waals surface area (Å²) in [7, 11) is 2.82. The summed E-state index contributed by atoms with van der Waals surface area (Å²) in [4.78, 5) is 31.7. The summed E-state index contributed by atoms with van der Waals surface area (Å²) in [6, 6.07) is 12.1. The molecule has 3 aliphatic rings. The van der Waals surface area contributed by atoms with E-state index in [1.165, 1.54) is 25.6 Å². The zero-order chi connectivity index (χ0) is 23.1. The minimum atomic E-state index is -1.02. The van der Waals surface area contributed by atoms with Crippen LogP contribution in [0.15, 0.2) is 52.3 Å². The third kappa shape index (κ3) is 2.32. The maximum Gasteiger partial charge on any atom is 0.315 e. The highest BCUT2D eigenvalue weighted by atomic mass is 32.1. The Morgan fingerprint density at radius 1 is 1.24 bits per heavy atom. The van der Waals surface area contributed by atoms with Crippen molar-refractivity contribution in [1.82, 2.24) is 4.57 Å². The second kappa shape index (κ2) is 6.48. The zero-order valence-electron chi connectivity index (χ0n) is 18.1. The average Bonchev–Trinajstić information content (AvgIpc) is 3.02. The third-order valence-corrected chi connectivity index (χ3v) is 7.98. The maximum atomic E-state index is 13.6. The number of carbonyl (C=O) groups is 1. The number of esters is 1. The normalized spacial score (nSPS) is 28.5.